The van der Waals surface area contributed by atoms with Crippen molar-refractivity contribution in [2.75, 3.05) is 17.2 Å². The predicted octanol–water partition coefficient (Wildman–Crippen LogP) is 5.53. The van der Waals surface area contributed by atoms with E-state index in [1.165, 1.54) is 6.92 Å². The first-order chi connectivity index (χ1) is 17.2. The van der Waals surface area contributed by atoms with Crippen LogP contribution >= 0.6 is 0 Å². The van der Waals surface area contributed by atoms with E-state index < -0.39 is 18.5 Å². The molecule has 1 heterocycles. The molecule has 1 unspecified atom stereocenters. The van der Waals surface area contributed by atoms with Gasteiger partial charge in [0, 0.05) is 29.4 Å². The minimum Gasteiger partial charge on any atom is -0.452 e. The van der Waals surface area contributed by atoms with Gasteiger partial charge in [-0.25, -0.2) is 4.79 Å². The van der Waals surface area contributed by atoms with Crippen LogP contribution in [0.1, 0.15) is 62.2 Å². The van der Waals surface area contributed by atoms with E-state index in [4.69, 9.17) is 9.72 Å². The third kappa shape index (κ3) is 5.56. The van der Waals surface area contributed by atoms with Crippen LogP contribution in [0, 0.1) is 11.3 Å². The number of benzene rings is 2. The maximum atomic E-state index is 13.4. The number of aryl methyl sites for hydroxylation is 1. The van der Waals surface area contributed by atoms with E-state index in [2.05, 4.69) is 31.4 Å². The molecule has 1 atom stereocenters. The first-order valence-electron chi connectivity index (χ1n) is 12.4. The van der Waals surface area contributed by atoms with Crippen molar-refractivity contribution in [2.45, 2.75) is 53.4 Å². The summed E-state index contributed by atoms with van der Waals surface area (Å²) in [7, 11) is 0. The van der Waals surface area contributed by atoms with Crippen molar-refractivity contribution in [3.05, 3.63) is 65.4 Å². The lowest BCUT2D eigenvalue weighted by atomic mass is 9.68. The van der Waals surface area contributed by atoms with E-state index in [0.29, 0.717) is 22.9 Å². The highest BCUT2D eigenvalue weighted by Crippen LogP contribution is 2.41. The van der Waals surface area contributed by atoms with Gasteiger partial charge >= 0.3 is 5.97 Å². The van der Waals surface area contributed by atoms with Crippen LogP contribution in [0.3, 0.4) is 0 Å². The number of esters is 1. The molecule has 1 aromatic heterocycles. The molecule has 2 aromatic carbocycles. The number of carbonyl (C=O) groups is 3. The summed E-state index contributed by atoms with van der Waals surface area (Å²) in [5.41, 5.74) is 4.52. The van der Waals surface area contributed by atoms with E-state index in [0.717, 1.165) is 47.8 Å². The molecular weight excluding hydrogens is 454 g/mol. The van der Waals surface area contributed by atoms with Gasteiger partial charge in [0.15, 0.2) is 6.61 Å². The number of carbonyl (C=O) groups excluding carboxylic acids is 3. The van der Waals surface area contributed by atoms with Crippen molar-refractivity contribution in [3.63, 3.8) is 0 Å². The van der Waals surface area contributed by atoms with Crippen molar-refractivity contribution < 1.29 is 19.1 Å². The summed E-state index contributed by atoms with van der Waals surface area (Å²) >= 11 is 0. The minimum atomic E-state index is -0.504. The van der Waals surface area contributed by atoms with Gasteiger partial charge in [-0.05, 0) is 66.5 Å². The Hall–Kier alpha value is -3.74. The fourth-order valence-electron chi connectivity index (χ4n) is 4.82. The van der Waals surface area contributed by atoms with Crippen LogP contribution in [0.2, 0.25) is 0 Å². The number of pyridine rings is 1. The van der Waals surface area contributed by atoms with Crippen LogP contribution in [0.25, 0.3) is 10.9 Å². The number of nitrogens with one attached hydrogen (secondary N) is 2. The lowest BCUT2D eigenvalue weighted by Crippen LogP contribution is -2.31. The molecular formula is C29H33N3O4. The Bertz CT molecular complexity index is 1300. The zero-order chi connectivity index (χ0) is 25.9. The molecule has 0 saturated carbocycles. The summed E-state index contributed by atoms with van der Waals surface area (Å²) in [6.45, 7) is 7.79. The van der Waals surface area contributed by atoms with Gasteiger partial charge in [0.2, 0.25) is 5.91 Å². The monoisotopic (exact) mass is 487 g/mol. The molecule has 7 nitrogen and oxygen atoms in total. The van der Waals surface area contributed by atoms with Crippen LogP contribution in [0.5, 0.6) is 0 Å². The average molecular weight is 488 g/mol. The van der Waals surface area contributed by atoms with E-state index in [1.807, 2.05) is 24.3 Å². The fourth-order valence-corrected chi connectivity index (χ4v) is 4.82. The standard InChI is InChI=1S/C29H33N3O4/c1-5-29(3,4)19-10-15-25-23(16-19)27(22-8-6-7-9-24(22)32-25)28(35)36-17-26(34)31-21-13-11-20(12-14-21)30-18(2)33/h6-9,11-14,19H,5,10,15-17H2,1-4H3,(H,30,33)(H,31,34). The lowest BCUT2D eigenvalue weighted by Gasteiger charge is -2.37. The maximum Gasteiger partial charge on any atom is 0.339 e. The molecule has 0 bridgehead atoms. The number of hydrogen-bond donors (Lipinski definition) is 2. The van der Waals surface area contributed by atoms with E-state index in [9.17, 15) is 14.4 Å². The molecule has 2 N–H and O–H groups in total. The summed E-state index contributed by atoms with van der Waals surface area (Å²) < 4.78 is 5.52. The predicted molar refractivity (Wildman–Crippen MR) is 141 cm³/mol. The minimum absolute atomic E-state index is 0.153. The maximum absolute atomic E-state index is 13.4. The van der Waals surface area contributed by atoms with Crippen molar-refractivity contribution in [2.24, 2.45) is 11.3 Å². The highest BCUT2D eigenvalue weighted by atomic mass is 16.5. The summed E-state index contributed by atoms with van der Waals surface area (Å²) in [6.07, 6.45) is 3.69. The van der Waals surface area contributed by atoms with Crippen LogP contribution in [-0.2, 0) is 27.2 Å². The molecule has 1 aliphatic rings. The Morgan fingerprint density at radius 2 is 1.69 bits per heavy atom. The van der Waals surface area contributed by atoms with E-state index >= 15 is 0 Å². The molecule has 0 radical (unpaired) electrons. The summed E-state index contributed by atoms with van der Waals surface area (Å²) in [4.78, 5) is 41.9. The van der Waals surface area contributed by atoms with Crippen molar-refractivity contribution >= 4 is 40.1 Å². The highest BCUT2D eigenvalue weighted by Gasteiger charge is 2.34. The molecule has 0 fully saturated rings. The quantitative estimate of drug-likeness (QED) is 0.427. The topological polar surface area (TPSA) is 97.4 Å². The lowest BCUT2D eigenvalue weighted by molar-refractivity contribution is -0.119. The normalized spacial score (nSPS) is 15.2. The number of fused-ring (bicyclic) bond motifs is 2. The molecule has 1 aliphatic carbocycles. The second-order valence-corrected chi connectivity index (χ2v) is 10.1. The Labute approximate surface area is 211 Å². The Kier molecular flexibility index (Phi) is 7.38. The second kappa shape index (κ2) is 10.5. The van der Waals surface area contributed by atoms with Crippen molar-refractivity contribution in [1.82, 2.24) is 4.98 Å². The number of para-hydroxylation sites is 1. The number of rotatable bonds is 7. The smallest absolute Gasteiger partial charge is 0.339 e. The largest absolute Gasteiger partial charge is 0.452 e. The van der Waals surface area contributed by atoms with Gasteiger partial charge in [-0.3, -0.25) is 14.6 Å². The summed E-state index contributed by atoms with van der Waals surface area (Å²) in [5.74, 6) is -0.675. The number of anilines is 2. The fraction of sp³-hybridized carbons (Fsp3) is 0.379. The molecule has 4 rings (SSSR count). The van der Waals surface area contributed by atoms with Gasteiger partial charge in [0.25, 0.3) is 5.91 Å². The molecule has 0 spiro atoms. The van der Waals surface area contributed by atoms with Crippen molar-refractivity contribution in [1.29, 1.82) is 0 Å². The highest BCUT2D eigenvalue weighted by molar-refractivity contribution is 6.06. The van der Waals surface area contributed by atoms with Crippen LogP contribution in [0.15, 0.2) is 48.5 Å². The zero-order valence-corrected chi connectivity index (χ0v) is 21.3. The van der Waals surface area contributed by atoms with Gasteiger partial charge in [-0.1, -0.05) is 45.4 Å². The SMILES string of the molecule is CCC(C)(C)C1CCc2nc3ccccc3c(C(=O)OCC(=O)Nc3ccc(NC(C)=O)cc3)c2C1. The Morgan fingerprint density at radius 1 is 1.03 bits per heavy atom. The van der Waals surface area contributed by atoms with Crippen LogP contribution < -0.4 is 10.6 Å². The van der Waals surface area contributed by atoms with Gasteiger partial charge in [-0.2, -0.15) is 0 Å². The zero-order valence-electron chi connectivity index (χ0n) is 21.3. The number of ether oxygens (including phenoxy) is 1. The molecule has 3 aromatic rings. The molecule has 0 saturated heterocycles. The van der Waals surface area contributed by atoms with Gasteiger partial charge in [-0.15, -0.1) is 0 Å². The molecule has 2 amide bonds. The summed E-state index contributed by atoms with van der Waals surface area (Å²) in [6, 6.07) is 14.3. The first kappa shape index (κ1) is 25.4. The van der Waals surface area contributed by atoms with E-state index in [1.54, 1.807) is 24.3 Å². The number of aromatic nitrogens is 1. The van der Waals surface area contributed by atoms with Crippen LogP contribution in [-0.4, -0.2) is 29.4 Å². The van der Waals surface area contributed by atoms with Gasteiger partial charge < -0.3 is 15.4 Å². The molecule has 0 aliphatic heterocycles. The first-order valence-corrected chi connectivity index (χ1v) is 12.4. The third-order valence-electron chi connectivity index (χ3n) is 7.30. The number of nitrogens with zero attached hydrogens (tertiary/aromatic N) is 1. The average Bonchev–Trinajstić information content (AvgIpc) is 2.86. The summed E-state index contributed by atoms with van der Waals surface area (Å²) in [5, 5.41) is 6.15. The Morgan fingerprint density at radius 3 is 2.36 bits per heavy atom. The van der Waals surface area contributed by atoms with Gasteiger partial charge in [0.1, 0.15) is 0 Å². The van der Waals surface area contributed by atoms with E-state index in [-0.39, 0.29) is 11.3 Å². The van der Waals surface area contributed by atoms with Gasteiger partial charge in [0.05, 0.1) is 11.1 Å². The molecule has 188 valence electrons. The number of amides is 2. The molecule has 7 heteroatoms. The van der Waals surface area contributed by atoms with Crippen molar-refractivity contribution in [3.8, 4) is 0 Å². The van der Waals surface area contributed by atoms with Crippen LogP contribution in [0.4, 0.5) is 11.4 Å². The third-order valence-corrected chi connectivity index (χ3v) is 7.30. The molecule has 36 heavy (non-hydrogen) atoms. The number of hydrogen-bond acceptors (Lipinski definition) is 5. The second-order valence-electron chi connectivity index (χ2n) is 10.1. The Balaban J connectivity index is 1.52.